The number of amides is 3. The van der Waals surface area contributed by atoms with Gasteiger partial charge in [-0.05, 0) is 16.7 Å². The minimum atomic E-state index is -0.595. The first-order chi connectivity index (χ1) is 10.8. The van der Waals surface area contributed by atoms with Crippen LogP contribution >= 0.6 is 31.4 Å². The summed E-state index contributed by atoms with van der Waals surface area (Å²) < 4.78 is 0. The van der Waals surface area contributed by atoms with Crippen molar-refractivity contribution in [3.63, 3.8) is 0 Å². The van der Waals surface area contributed by atoms with E-state index in [2.05, 4.69) is 16.0 Å². The van der Waals surface area contributed by atoms with Crippen molar-refractivity contribution in [2.75, 3.05) is 25.6 Å². The molecule has 0 saturated carbocycles. The van der Waals surface area contributed by atoms with E-state index in [-0.39, 0.29) is 35.8 Å². The Morgan fingerprint density at radius 3 is 1.96 bits per heavy atom. The van der Waals surface area contributed by atoms with Gasteiger partial charge in [-0.15, -0.1) is 0 Å². The van der Waals surface area contributed by atoms with Crippen LogP contribution in [0.15, 0.2) is 0 Å². The molecule has 0 unspecified atom stereocenters. The fraction of sp³-hybridized carbons (Fsp3) is 0.692. The molecule has 23 heavy (non-hydrogen) atoms. The molecule has 2 atom stereocenters. The number of hydrogen-bond acceptors (Lipinski definition) is 7. The zero-order chi connectivity index (χ0) is 17.8. The van der Waals surface area contributed by atoms with E-state index in [0.29, 0.717) is 11.5 Å². The lowest BCUT2D eigenvalue weighted by molar-refractivity contribution is -0.127. The van der Waals surface area contributed by atoms with Crippen LogP contribution in [-0.2, 0) is 19.2 Å². The number of Topliss-reactive ketones (excluding diaryl/α,β-unsaturated/α-hetero) is 1. The lowest BCUT2D eigenvalue weighted by Gasteiger charge is -2.16. The van der Waals surface area contributed by atoms with Crippen LogP contribution in [0.5, 0.6) is 0 Å². The Morgan fingerprint density at radius 2 is 1.48 bits per heavy atom. The van der Waals surface area contributed by atoms with Crippen molar-refractivity contribution in [1.29, 1.82) is 0 Å². The van der Waals surface area contributed by atoms with Crippen LogP contribution in [0, 0.1) is 5.92 Å². The maximum Gasteiger partial charge on any atom is 0.243 e. The van der Waals surface area contributed by atoms with Crippen molar-refractivity contribution in [2.24, 2.45) is 5.92 Å². The highest BCUT2D eigenvalue weighted by Crippen LogP contribution is 2.36. The van der Waals surface area contributed by atoms with Gasteiger partial charge >= 0.3 is 0 Å². The standard InChI is InChI=1S/C13H23N3O4S3/c1-8(17)5-10(12(19)14-3)6-21-23-22-7-11(13(20)15-4)16-9(2)18/h10-11H,5-7H2,1-4H3,(H,14,19)(H,15,20)(H,16,18)/t10-,11-/m0/s1. The van der Waals surface area contributed by atoms with Crippen LogP contribution in [0.3, 0.4) is 0 Å². The van der Waals surface area contributed by atoms with Gasteiger partial charge in [-0.2, -0.15) is 0 Å². The summed E-state index contributed by atoms with van der Waals surface area (Å²) in [6.45, 7) is 2.82. The van der Waals surface area contributed by atoms with E-state index in [0.717, 1.165) is 0 Å². The number of carbonyl (C=O) groups is 4. The average molecular weight is 382 g/mol. The van der Waals surface area contributed by atoms with Gasteiger partial charge in [0.25, 0.3) is 0 Å². The molecule has 0 bridgehead atoms. The topological polar surface area (TPSA) is 104 Å². The third-order valence-corrected chi connectivity index (χ3v) is 7.02. The van der Waals surface area contributed by atoms with Crippen molar-refractivity contribution in [2.45, 2.75) is 26.3 Å². The first-order valence-corrected chi connectivity index (χ1v) is 10.7. The SMILES string of the molecule is CNC(=O)[C@H](CSSSC[C@H](NC(C)=O)C(=O)NC)CC(C)=O. The first-order valence-electron chi connectivity index (χ1n) is 6.92. The Bertz CT molecular complexity index is 397. The van der Waals surface area contributed by atoms with Gasteiger partial charge in [-0.1, -0.05) is 21.6 Å². The Kier molecular flexibility index (Phi) is 12.1. The molecule has 0 rings (SSSR count). The number of nitrogens with one attached hydrogen (secondary N) is 3. The highest BCUT2D eigenvalue weighted by Gasteiger charge is 2.21. The molecule has 0 aliphatic heterocycles. The summed E-state index contributed by atoms with van der Waals surface area (Å²) in [6, 6.07) is -0.595. The Morgan fingerprint density at radius 1 is 0.913 bits per heavy atom. The first kappa shape index (κ1) is 22.1. The van der Waals surface area contributed by atoms with Gasteiger partial charge in [0.2, 0.25) is 17.7 Å². The van der Waals surface area contributed by atoms with Gasteiger partial charge in [0.1, 0.15) is 11.8 Å². The molecule has 0 aliphatic rings. The molecule has 0 fully saturated rings. The molecule has 0 heterocycles. The molecule has 0 aromatic heterocycles. The molecule has 10 heteroatoms. The van der Waals surface area contributed by atoms with Crippen LogP contribution in [0.25, 0.3) is 0 Å². The molecule has 0 aromatic rings. The second-order valence-electron chi connectivity index (χ2n) is 4.72. The maximum atomic E-state index is 11.7. The summed E-state index contributed by atoms with van der Waals surface area (Å²) in [5, 5.41) is 7.63. The smallest absolute Gasteiger partial charge is 0.243 e. The van der Waals surface area contributed by atoms with E-state index in [1.165, 1.54) is 52.3 Å². The molecule has 0 aliphatic carbocycles. The van der Waals surface area contributed by atoms with Gasteiger partial charge in [0.15, 0.2) is 0 Å². The van der Waals surface area contributed by atoms with E-state index >= 15 is 0 Å². The van der Waals surface area contributed by atoms with Gasteiger partial charge < -0.3 is 20.7 Å². The number of rotatable bonds is 11. The Hall–Kier alpha value is -0.870. The summed E-state index contributed by atoms with van der Waals surface area (Å²) in [7, 11) is 7.35. The minimum absolute atomic E-state index is 0.0257. The van der Waals surface area contributed by atoms with E-state index in [1.54, 1.807) is 7.05 Å². The predicted octanol–water partition coefficient (Wildman–Crippen LogP) is 0.608. The maximum absolute atomic E-state index is 11.7. The van der Waals surface area contributed by atoms with E-state index in [9.17, 15) is 19.2 Å². The fourth-order valence-corrected chi connectivity index (χ4v) is 5.65. The normalized spacial score (nSPS) is 12.9. The van der Waals surface area contributed by atoms with Crippen molar-refractivity contribution in [1.82, 2.24) is 16.0 Å². The highest BCUT2D eigenvalue weighted by atomic mass is 33.5. The van der Waals surface area contributed by atoms with E-state index in [1.807, 2.05) is 0 Å². The molecule has 0 radical (unpaired) electrons. The molecular weight excluding hydrogens is 358 g/mol. The zero-order valence-corrected chi connectivity index (χ0v) is 16.1. The molecular formula is C13H23N3O4S3. The summed E-state index contributed by atoms with van der Waals surface area (Å²) in [6.07, 6.45) is 0.213. The highest BCUT2D eigenvalue weighted by molar-refractivity contribution is 9.09. The number of hydrogen-bond donors (Lipinski definition) is 3. The average Bonchev–Trinajstić information content (AvgIpc) is 2.49. The molecule has 3 amide bonds. The Balaban J connectivity index is 4.20. The minimum Gasteiger partial charge on any atom is -0.359 e. The predicted molar refractivity (Wildman–Crippen MR) is 97.0 cm³/mol. The largest absolute Gasteiger partial charge is 0.359 e. The quantitative estimate of drug-likeness (QED) is 0.356. The van der Waals surface area contributed by atoms with Crippen molar-refractivity contribution >= 4 is 54.9 Å². The van der Waals surface area contributed by atoms with Crippen molar-refractivity contribution in [3.05, 3.63) is 0 Å². The molecule has 7 nitrogen and oxygen atoms in total. The van der Waals surface area contributed by atoms with Crippen LogP contribution in [-0.4, -0.2) is 55.1 Å². The lowest BCUT2D eigenvalue weighted by Crippen LogP contribution is -2.46. The summed E-state index contributed by atoms with van der Waals surface area (Å²) in [4.78, 5) is 45.6. The lowest BCUT2D eigenvalue weighted by atomic mass is 10.0. The summed E-state index contributed by atoms with van der Waals surface area (Å²) in [5.41, 5.74) is 0. The van der Waals surface area contributed by atoms with Gasteiger partial charge in [-0.3, -0.25) is 14.4 Å². The number of likely N-dealkylation sites (N-methyl/N-ethyl adjacent to an activating group) is 1. The van der Waals surface area contributed by atoms with E-state index < -0.39 is 6.04 Å². The van der Waals surface area contributed by atoms with Crippen LogP contribution in [0.1, 0.15) is 20.3 Å². The van der Waals surface area contributed by atoms with Crippen molar-refractivity contribution in [3.8, 4) is 0 Å². The zero-order valence-electron chi connectivity index (χ0n) is 13.6. The van der Waals surface area contributed by atoms with Crippen molar-refractivity contribution < 1.29 is 19.2 Å². The monoisotopic (exact) mass is 381 g/mol. The molecule has 132 valence electrons. The molecule has 3 N–H and O–H groups in total. The summed E-state index contributed by atoms with van der Waals surface area (Å²) in [5.74, 6) is -0.144. The third kappa shape index (κ3) is 10.5. The van der Waals surface area contributed by atoms with Crippen LogP contribution in [0.4, 0.5) is 0 Å². The van der Waals surface area contributed by atoms with Gasteiger partial charge in [0, 0.05) is 38.9 Å². The second-order valence-corrected chi connectivity index (χ2v) is 9.04. The number of carbonyl (C=O) groups excluding carboxylic acids is 4. The molecule has 0 aromatic carbocycles. The van der Waals surface area contributed by atoms with Gasteiger partial charge in [-0.25, -0.2) is 0 Å². The van der Waals surface area contributed by atoms with Gasteiger partial charge in [0.05, 0.1) is 5.92 Å². The Labute approximate surface area is 148 Å². The van der Waals surface area contributed by atoms with Crippen LogP contribution < -0.4 is 16.0 Å². The second kappa shape index (κ2) is 12.5. The third-order valence-electron chi connectivity index (χ3n) is 2.69. The molecule has 0 spiro atoms. The fourth-order valence-electron chi connectivity index (χ4n) is 1.62. The summed E-state index contributed by atoms with van der Waals surface area (Å²) >= 11 is 0. The van der Waals surface area contributed by atoms with E-state index in [4.69, 9.17) is 0 Å². The molecule has 0 saturated heterocycles. The van der Waals surface area contributed by atoms with Crippen LogP contribution in [0.2, 0.25) is 0 Å². The number of ketones is 1.